The molecule has 52 heavy (non-hydrogen) atoms. The second kappa shape index (κ2) is 20.6. The Kier molecular flexibility index (Phi) is 17.6. The molecule has 270 valence electrons. The summed E-state index contributed by atoms with van der Waals surface area (Å²) < 4.78 is 3.34. The Hall–Kier alpha value is -3.61. The van der Waals surface area contributed by atoms with Crippen molar-refractivity contribution >= 4 is 50.6 Å². The van der Waals surface area contributed by atoms with Crippen LogP contribution in [0.5, 0.6) is 0 Å². The van der Waals surface area contributed by atoms with Gasteiger partial charge in [0.1, 0.15) is 0 Å². The fourth-order valence-electron chi connectivity index (χ4n) is 5.95. The van der Waals surface area contributed by atoms with Gasteiger partial charge >= 0.3 is 28.4 Å². The van der Waals surface area contributed by atoms with Crippen molar-refractivity contribution in [1.82, 2.24) is 0 Å². The zero-order valence-electron chi connectivity index (χ0n) is 31.6. The second-order valence-electron chi connectivity index (χ2n) is 14.6. The molecule has 3 heteroatoms. The van der Waals surface area contributed by atoms with Crippen LogP contribution in [0.2, 0.25) is 0 Å². The Balaban J connectivity index is 0.000000257. The molecule has 0 spiro atoms. The number of halogens is 2. The molecule has 2 aliphatic rings. The number of fused-ring (bicyclic) bond motifs is 5. The Bertz CT molecular complexity index is 1930. The monoisotopic (exact) mass is 800 g/mol. The predicted octanol–water partition coefficient (Wildman–Crippen LogP) is 13.8. The molecule has 0 radical (unpaired) electrons. The molecule has 0 bridgehead atoms. The molecular formula is C49H52Cl2Zr-4. The van der Waals surface area contributed by atoms with Crippen LogP contribution < -0.4 is 0 Å². The standard InChI is InChI=1S/C21H25.2C11H9.C5H5.CH2.2ClH.Zr/c1-20(2,3)16-7-9-18-14(12-16)11-15-13-17(21(4,5)6)8-10-19(15)18;2*1-9-5-4-7-10-6-2-3-8-11(9)10;1-2-4-5-3-1;;;;/h7-10,12H,11H2,1-6H3;2*2-8H,1H2;1-3H,4H2;1H2;2*1H;/q4*-1;;;;. The van der Waals surface area contributed by atoms with Crippen molar-refractivity contribution in [3.63, 3.8) is 0 Å². The van der Waals surface area contributed by atoms with Gasteiger partial charge in [0.05, 0.1) is 0 Å². The van der Waals surface area contributed by atoms with E-state index >= 15 is 0 Å². The average molecular weight is 803 g/mol. The molecule has 0 nitrogen and oxygen atoms in total. The molecule has 0 aliphatic heterocycles. The van der Waals surface area contributed by atoms with E-state index in [1.165, 1.54) is 79.2 Å². The molecule has 6 aromatic rings. The van der Waals surface area contributed by atoms with Crippen LogP contribution in [0.3, 0.4) is 0 Å². The van der Waals surface area contributed by atoms with E-state index in [2.05, 4.69) is 145 Å². The number of allylic oxidation sites excluding steroid dienone is 4. The minimum atomic E-state index is 0. The van der Waals surface area contributed by atoms with Crippen molar-refractivity contribution in [2.75, 3.05) is 0 Å². The molecule has 8 rings (SSSR count). The summed E-state index contributed by atoms with van der Waals surface area (Å²) in [6, 6.07) is 44.1. The van der Waals surface area contributed by atoms with E-state index in [1.54, 1.807) is 0 Å². The van der Waals surface area contributed by atoms with E-state index in [1.807, 2.05) is 60.7 Å². The SMILES string of the molecule is CC(C)(C)c1[c-]c2c(cc1)-c1ccc(C(C)(C)C)cc1C2.Cl.Cl.[C-]1=CC=CC1.[CH2-]c1cccc2ccccc12.[CH2-]c1cccc2ccccc12.[CH2]=[Zr]. The number of hydrogen-bond acceptors (Lipinski definition) is 0. The Morgan fingerprint density at radius 1 is 0.615 bits per heavy atom. The molecule has 0 fully saturated rings. The van der Waals surface area contributed by atoms with Crippen LogP contribution in [0.1, 0.15) is 81.3 Å². The van der Waals surface area contributed by atoms with Gasteiger partial charge < -0.3 is 0 Å². The summed E-state index contributed by atoms with van der Waals surface area (Å²) in [6.45, 7) is 21.5. The van der Waals surface area contributed by atoms with Crippen molar-refractivity contribution in [3.05, 3.63) is 193 Å². The molecule has 0 saturated carbocycles. The summed E-state index contributed by atoms with van der Waals surface area (Å²) in [5, 5.41) is 5.02. The molecule has 0 N–H and O–H groups in total. The van der Waals surface area contributed by atoms with E-state index < -0.39 is 0 Å². The van der Waals surface area contributed by atoms with Gasteiger partial charge in [-0.25, -0.2) is 12.2 Å². The zero-order valence-corrected chi connectivity index (χ0v) is 35.6. The molecule has 0 saturated heterocycles. The molecule has 0 aromatic heterocycles. The number of hydrogen-bond donors (Lipinski definition) is 0. The van der Waals surface area contributed by atoms with Gasteiger partial charge in [-0.05, 0) is 28.4 Å². The normalized spacial score (nSPS) is 11.7. The first-order valence-corrected chi connectivity index (χ1v) is 19.0. The Morgan fingerprint density at radius 3 is 1.58 bits per heavy atom. The topological polar surface area (TPSA) is 0 Å². The Labute approximate surface area is 341 Å². The molecule has 0 amide bonds. The molecule has 0 unspecified atom stereocenters. The fraction of sp³-hybridized carbons (Fsp3) is 0.204. The first kappa shape index (κ1) is 44.6. The van der Waals surface area contributed by atoms with Crippen LogP contribution in [0.25, 0.3) is 32.7 Å². The van der Waals surface area contributed by atoms with Gasteiger partial charge in [0.2, 0.25) is 0 Å². The average Bonchev–Trinajstić information content (AvgIpc) is 3.81. The van der Waals surface area contributed by atoms with Crippen molar-refractivity contribution in [1.29, 1.82) is 0 Å². The summed E-state index contributed by atoms with van der Waals surface area (Å²) in [5.74, 6) is 0. The quantitative estimate of drug-likeness (QED) is 0.134. The molecule has 0 atom stereocenters. The van der Waals surface area contributed by atoms with Gasteiger partial charge in [0.15, 0.2) is 0 Å². The summed E-state index contributed by atoms with van der Waals surface area (Å²) in [7, 11) is 0. The van der Waals surface area contributed by atoms with Gasteiger partial charge in [-0.2, -0.15) is 66.9 Å². The third-order valence-electron chi connectivity index (χ3n) is 8.81. The van der Waals surface area contributed by atoms with Gasteiger partial charge in [-0.1, -0.05) is 125 Å². The molecule has 2 aliphatic carbocycles. The van der Waals surface area contributed by atoms with Gasteiger partial charge in [-0.3, -0.25) is 6.08 Å². The summed E-state index contributed by atoms with van der Waals surface area (Å²) in [5.41, 5.74) is 10.9. The third kappa shape index (κ3) is 12.0. The maximum absolute atomic E-state index is 3.95. The predicted molar refractivity (Wildman–Crippen MR) is 231 cm³/mol. The van der Waals surface area contributed by atoms with Gasteiger partial charge in [0.25, 0.3) is 0 Å². The zero-order chi connectivity index (χ0) is 36.3. The van der Waals surface area contributed by atoms with E-state index in [-0.39, 0.29) is 35.6 Å². The maximum atomic E-state index is 3.95. The first-order valence-electron chi connectivity index (χ1n) is 17.3. The summed E-state index contributed by atoms with van der Waals surface area (Å²) in [4.78, 5) is 0. The second-order valence-corrected chi connectivity index (χ2v) is 14.6. The third-order valence-corrected chi connectivity index (χ3v) is 8.81. The summed E-state index contributed by atoms with van der Waals surface area (Å²) >= 11 is 1.30. The van der Waals surface area contributed by atoms with Crippen molar-refractivity contribution in [3.8, 4) is 11.1 Å². The number of rotatable bonds is 0. The fourth-order valence-corrected chi connectivity index (χ4v) is 5.95. The van der Waals surface area contributed by atoms with Crippen LogP contribution in [0.15, 0.2) is 133 Å². The van der Waals surface area contributed by atoms with Crippen LogP contribution in [0, 0.1) is 26.0 Å². The van der Waals surface area contributed by atoms with Crippen LogP contribution >= 0.6 is 24.8 Å². The van der Waals surface area contributed by atoms with Gasteiger partial charge in [-0.15, -0.1) is 77.4 Å². The van der Waals surface area contributed by atoms with Crippen molar-refractivity contribution in [2.45, 2.75) is 65.2 Å². The van der Waals surface area contributed by atoms with Crippen molar-refractivity contribution < 1.29 is 24.2 Å². The number of benzene rings is 6. The first-order chi connectivity index (χ1) is 23.9. The molecule has 0 heterocycles. The van der Waals surface area contributed by atoms with Crippen LogP contribution in [-0.2, 0) is 41.5 Å². The summed E-state index contributed by atoms with van der Waals surface area (Å²) in [6.07, 6.45) is 11.0. The van der Waals surface area contributed by atoms with E-state index in [0.717, 1.165) is 24.0 Å². The minimum absolute atomic E-state index is 0. The van der Waals surface area contributed by atoms with E-state index in [4.69, 9.17) is 0 Å². The van der Waals surface area contributed by atoms with E-state index in [9.17, 15) is 0 Å². The molecule has 6 aromatic carbocycles. The van der Waals surface area contributed by atoms with Crippen molar-refractivity contribution in [2.24, 2.45) is 0 Å². The molecular weight excluding hydrogens is 751 g/mol. The van der Waals surface area contributed by atoms with Crippen LogP contribution in [-0.4, -0.2) is 4.21 Å². The Morgan fingerprint density at radius 2 is 1.13 bits per heavy atom. The van der Waals surface area contributed by atoms with Crippen LogP contribution in [0.4, 0.5) is 0 Å². The van der Waals surface area contributed by atoms with Gasteiger partial charge in [0, 0.05) is 0 Å². The van der Waals surface area contributed by atoms with E-state index in [0.29, 0.717) is 0 Å².